The van der Waals surface area contributed by atoms with Crippen molar-refractivity contribution in [2.75, 3.05) is 36.4 Å². The number of benzene rings is 1. The van der Waals surface area contributed by atoms with Crippen LogP contribution in [0.1, 0.15) is 25.7 Å². The maximum absolute atomic E-state index is 13.1. The maximum Gasteiger partial charge on any atom is 0.243 e. The second-order valence-electron chi connectivity index (χ2n) is 8.71. The Kier molecular flexibility index (Phi) is 7.13. The topological polar surface area (TPSA) is 126 Å². The fraction of sp³-hybridized carbons (Fsp3) is 0.435. The average Bonchev–Trinajstić information content (AvgIpc) is 2.85. The minimum absolute atomic E-state index is 0.0406. The minimum Gasteiger partial charge on any atom is -0.369 e. The van der Waals surface area contributed by atoms with E-state index in [1.807, 2.05) is 4.90 Å². The van der Waals surface area contributed by atoms with Crippen LogP contribution in [0.4, 0.5) is 15.9 Å². The smallest absolute Gasteiger partial charge is 0.243 e. The molecule has 1 atom stereocenters. The molecular weight excluding hydrogens is 461 g/mol. The van der Waals surface area contributed by atoms with Crippen LogP contribution in [-0.4, -0.2) is 55.7 Å². The lowest BCUT2D eigenvalue weighted by atomic mass is 9.97. The Hall–Kier alpha value is -3.05. The number of halogens is 1. The quantitative estimate of drug-likeness (QED) is 0.639. The second-order valence-corrected chi connectivity index (χ2v) is 10.7. The molecule has 0 spiro atoms. The van der Waals surface area contributed by atoms with Crippen molar-refractivity contribution < 1.29 is 22.4 Å². The molecule has 2 saturated heterocycles. The molecule has 3 N–H and O–H groups in total. The number of aromatic nitrogens is 1. The molecular formula is C23H28FN5O4S. The van der Waals surface area contributed by atoms with E-state index in [1.54, 1.807) is 18.3 Å². The molecule has 1 aromatic carbocycles. The summed E-state index contributed by atoms with van der Waals surface area (Å²) in [6, 6.07) is 8.30. The summed E-state index contributed by atoms with van der Waals surface area (Å²) in [6.07, 6.45) is 4.00. The molecule has 1 unspecified atom stereocenters. The van der Waals surface area contributed by atoms with E-state index in [4.69, 9.17) is 5.73 Å². The highest BCUT2D eigenvalue weighted by atomic mass is 32.2. The van der Waals surface area contributed by atoms with E-state index in [1.165, 1.54) is 16.4 Å². The number of piperidine rings is 2. The van der Waals surface area contributed by atoms with E-state index in [-0.39, 0.29) is 41.6 Å². The Morgan fingerprint density at radius 3 is 2.32 bits per heavy atom. The minimum atomic E-state index is -3.72. The van der Waals surface area contributed by atoms with Gasteiger partial charge in [0, 0.05) is 32.1 Å². The molecule has 9 nitrogen and oxygen atoms in total. The van der Waals surface area contributed by atoms with Crippen LogP contribution in [0, 0.1) is 17.7 Å². The summed E-state index contributed by atoms with van der Waals surface area (Å²) in [4.78, 5) is 30.7. The molecule has 4 rings (SSSR count). The number of nitrogens with one attached hydrogen (secondary N) is 1. The fourth-order valence-corrected chi connectivity index (χ4v) is 5.89. The largest absolute Gasteiger partial charge is 0.369 e. The van der Waals surface area contributed by atoms with Gasteiger partial charge in [-0.2, -0.15) is 4.31 Å². The first-order chi connectivity index (χ1) is 16.2. The highest BCUT2D eigenvalue weighted by molar-refractivity contribution is 7.89. The van der Waals surface area contributed by atoms with Gasteiger partial charge in [0.25, 0.3) is 0 Å². The number of nitrogens with zero attached hydrogens (tertiary/aromatic N) is 3. The number of carbonyl (C=O) groups excluding carboxylic acids is 2. The molecule has 2 fully saturated rings. The summed E-state index contributed by atoms with van der Waals surface area (Å²) in [7, 11) is -3.72. The van der Waals surface area contributed by atoms with Gasteiger partial charge < -0.3 is 16.0 Å². The van der Waals surface area contributed by atoms with Gasteiger partial charge in [-0.25, -0.2) is 17.8 Å². The van der Waals surface area contributed by atoms with Crippen LogP contribution in [0.2, 0.25) is 0 Å². The van der Waals surface area contributed by atoms with Crippen LogP contribution >= 0.6 is 0 Å². The van der Waals surface area contributed by atoms with Gasteiger partial charge in [0.1, 0.15) is 11.6 Å². The normalized spacial score (nSPS) is 20.1. The molecule has 3 heterocycles. The van der Waals surface area contributed by atoms with Crippen LogP contribution in [0.5, 0.6) is 0 Å². The molecule has 1 aromatic heterocycles. The predicted octanol–water partition coefficient (Wildman–Crippen LogP) is 1.96. The fourth-order valence-electron chi connectivity index (χ4n) is 4.42. The van der Waals surface area contributed by atoms with E-state index in [2.05, 4.69) is 10.3 Å². The first-order valence-electron chi connectivity index (χ1n) is 11.3. The van der Waals surface area contributed by atoms with Crippen LogP contribution in [0.3, 0.4) is 0 Å². The molecule has 11 heteroatoms. The molecule has 182 valence electrons. The highest BCUT2D eigenvalue weighted by Crippen LogP contribution is 2.26. The molecule has 2 aromatic rings. The number of hydrogen-bond donors (Lipinski definition) is 2. The first-order valence-corrected chi connectivity index (χ1v) is 12.7. The predicted molar refractivity (Wildman–Crippen MR) is 125 cm³/mol. The Labute approximate surface area is 198 Å². The zero-order chi connectivity index (χ0) is 24.3. The summed E-state index contributed by atoms with van der Waals surface area (Å²) in [5.74, 6) is -0.762. The van der Waals surface area contributed by atoms with Crippen molar-refractivity contribution in [3.8, 4) is 0 Å². The van der Waals surface area contributed by atoms with E-state index < -0.39 is 15.8 Å². The summed E-state index contributed by atoms with van der Waals surface area (Å²) in [6.45, 7) is 1.76. The zero-order valence-electron chi connectivity index (χ0n) is 18.7. The van der Waals surface area contributed by atoms with Crippen molar-refractivity contribution in [2.45, 2.75) is 30.6 Å². The third-order valence-corrected chi connectivity index (χ3v) is 8.35. The molecule has 0 saturated carbocycles. The van der Waals surface area contributed by atoms with E-state index in [0.717, 1.165) is 37.3 Å². The number of hydrogen-bond acceptors (Lipinski definition) is 6. The molecule has 0 bridgehead atoms. The van der Waals surface area contributed by atoms with E-state index >= 15 is 0 Å². The lowest BCUT2D eigenvalue weighted by Crippen LogP contribution is -2.41. The Balaban J connectivity index is 1.31. The molecule has 2 amide bonds. The van der Waals surface area contributed by atoms with Crippen molar-refractivity contribution in [1.82, 2.24) is 9.29 Å². The third kappa shape index (κ3) is 5.36. The highest BCUT2D eigenvalue weighted by Gasteiger charge is 2.32. The molecule has 0 radical (unpaired) electrons. The van der Waals surface area contributed by atoms with Gasteiger partial charge in [-0.15, -0.1) is 0 Å². The lowest BCUT2D eigenvalue weighted by molar-refractivity contribution is -0.122. The van der Waals surface area contributed by atoms with Crippen LogP contribution in [-0.2, 0) is 19.6 Å². The monoisotopic (exact) mass is 489 g/mol. The summed E-state index contributed by atoms with van der Waals surface area (Å²) < 4.78 is 40.0. The number of anilines is 2. The van der Waals surface area contributed by atoms with E-state index in [9.17, 15) is 22.4 Å². The lowest BCUT2D eigenvalue weighted by Gasteiger charge is -2.32. The number of pyridine rings is 1. The third-order valence-electron chi connectivity index (χ3n) is 6.44. The Morgan fingerprint density at radius 1 is 1.00 bits per heavy atom. The van der Waals surface area contributed by atoms with Crippen molar-refractivity contribution in [1.29, 1.82) is 0 Å². The number of nitrogens with two attached hydrogens (primary N) is 1. The summed E-state index contributed by atoms with van der Waals surface area (Å²) in [5.41, 5.74) is 6.00. The van der Waals surface area contributed by atoms with Crippen molar-refractivity contribution in [3.05, 3.63) is 48.4 Å². The zero-order valence-corrected chi connectivity index (χ0v) is 19.5. The molecule has 0 aliphatic carbocycles. The van der Waals surface area contributed by atoms with Gasteiger partial charge in [0.05, 0.1) is 22.7 Å². The average molecular weight is 490 g/mol. The summed E-state index contributed by atoms with van der Waals surface area (Å²) >= 11 is 0. The van der Waals surface area contributed by atoms with Gasteiger partial charge in [0.2, 0.25) is 21.8 Å². The summed E-state index contributed by atoms with van der Waals surface area (Å²) in [5, 5.41) is 2.86. The van der Waals surface area contributed by atoms with Crippen LogP contribution < -0.4 is 16.0 Å². The maximum atomic E-state index is 13.1. The van der Waals surface area contributed by atoms with Gasteiger partial charge in [0.15, 0.2) is 0 Å². The van der Waals surface area contributed by atoms with Crippen LogP contribution in [0.25, 0.3) is 0 Å². The van der Waals surface area contributed by atoms with Gasteiger partial charge in [-0.3, -0.25) is 9.59 Å². The molecule has 34 heavy (non-hydrogen) atoms. The van der Waals surface area contributed by atoms with Gasteiger partial charge in [-0.1, -0.05) is 0 Å². The number of sulfonamides is 1. The Bertz CT molecular complexity index is 1130. The van der Waals surface area contributed by atoms with Crippen LogP contribution in [0.15, 0.2) is 47.5 Å². The SMILES string of the molecule is NC(=O)C1CCCN(c2ccc(NC(=O)C3CCN(S(=O)(=O)c4ccc(F)cc4)CC3)cn2)C1. The molecule has 2 aliphatic rings. The van der Waals surface area contributed by atoms with Crippen molar-refractivity contribution in [3.63, 3.8) is 0 Å². The number of rotatable bonds is 6. The van der Waals surface area contributed by atoms with Crippen molar-refractivity contribution in [2.24, 2.45) is 17.6 Å². The number of primary amides is 1. The Morgan fingerprint density at radius 2 is 1.71 bits per heavy atom. The molecule has 2 aliphatic heterocycles. The number of carbonyl (C=O) groups is 2. The van der Waals surface area contributed by atoms with Crippen molar-refractivity contribution >= 4 is 33.3 Å². The van der Waals surface area contributed by atoms with E-state index in [0.29, 0.717) is 25.1 Å². The first kappa shape index (κ1) is 24.1. The second kappa shape index (κ2) is 10.1. The van der Waals surface area contributed by atoms with Gasteiger partial charge in [-0.05, 0) is 62.1 Å². The number of amides is 2. The standard InChI is InChI=1S/C23H28FN5O4S/c24-18-3-6-20(7-4-18)34(32,33)29-12-9-16(10-13-29)23(31)27-19-5-8-21(26-14-19)28-11-1-2-17(15-28)22(25)30/h3-8,14,16-17H,1-2,9-13,15H2,(H2,25,30)(H,27,31). The van der Waals surface area contributed by atoms with Gasteiger partial charge >= 0.3 is 0 Å².